The van der Waals surface area contributed by atoms with Crippen molar-refractivity contribution in [3.05, 3.63) is 18.2 Å². The topological polar surface area (TPSA) is 44.1 Å². The van der Waals surface area contributed by atoms with E-state index in [1.54, 1.807) is 31.1 Å². The maximum Gasteiger partial charge on any atom is 0.226 e. The van der Waals surface area contributed by atoms with E-state index >= 15 is 0 Å². The van der Waals surface area contributed by atoms with Gasteiger partial charge in [-0.25, -0.2) is 4.98 Å². The van der Waals surface area contributed by atoms with Crippen molar-refractivity contribution in [1.29, 1.82) is 0 Å². The van der Waals surface area contributed by atoms with Crippen LogP contribution in [0.25, 0.3) is 0 Å². The quantitative estimate of drug-likeness (QED) is 0.669. The Balaban J connectivity index is 2.78. The molecule has 1 unspecified atom stereocenters. The van der Waals surface area contributed by atoms with Crippen molar-refractivity contribution >= 4 is 5.78 Å². The van der Waals surface area contributed by atoms with Gasteiger partial charge in [0, 0.05) is 26.6 Å². The first kappa shape index (κ1) is 10.9. The van der Waals surface area contributed by atoms with Crippen LogP contribution in [0.4, 0.5) is 0 Å². The Labute approximate surface area is 83.9 Å². The number of methoxy groups -OCH3 is 1. The number of carbonyl (C=O) groups is 1. The lowest BCUT2D eigenvalue weighted by Gasteiger charge is -2.12. The summed E-state index contributed by atoms with van der Waals surface area (Å²) in [6, 6.07) is 0. The lowest BCUT2D eigenvalue weighted by Crippen LogP contribution is -2.25. The van der Waals surface area contributed by atoms with Crippen molar-refractivity contribution in [2.45, 2.75) is 25.9 Å². The van der Waals surface area contributed by atoms with E-state index in [-0.39, 0.29) is 11.9 Å². The number of hydrogen-bond donors (Lipinski definition) is 0. The fourth-order valence-electron chi connectivity index (χ4n) is 1.37. The number of ether oxygens (including phenoxy) is 1. The molecule has 0 N–H and O–H groups in total. The minimum absolute atomic E-state index is 0.0400. The van der Waals surface area contributed by atoms with Crippen molar-refractivity contribution in [3.63, 3.8) is 0 Å². The van der Waals surface area contributed by atoms with Gasteiger partial charge < -0.3 is 9.30 Å². The molecule has 1 rings (SSSR count). The highest BCUT2D eigenvalue weighted by Gasteiger charge is 2.21. The maximum absolute atomic E-state index is 11.8. The lowest BCUT2D eigenvalue weighted by atomic mass is 10.1. The van der Waals surface area contributed by atoms with Crippen LogP contribution in [0.5, 0.6) is 0 Å². The summed E-state index contributed by atoms with van der Waals surface area (Å²) in [4.78, 5) is 15.8. The summed E-state index contributed by atoms with van der Waals surface area (Å²) < 4.78 is 6.84. The Morgan fingerprint density at radius 3 is 2.86 bits per heavy atom. The third-order valence-corrected chi connectivity index (χ3v) is 2.17. The van der Waals surface area contributed by atoms with Gasteiger partial charge in [0.25, 0.3) is 0 Å². The highest BCUT2D eigenvalue weighted by molar-refractivity contribution is 5.96. The molecule has 0 saturated heterocycles. The van der Waals surface area contributed by atoms with Crippen LogP contribution in [0.3, 0.4) is 0 Å². The van der Waals surface area contributed by atoms with Crippen LogP contribution in [-0.2, 0) is 11.8 Å². The second-order valence-electron chi connectivity index (χ2n) is 3.24. The summed E-state index contributed by atoms with van der Waals surface area (Å²) in [5.41, 5.74) is 0. The van der Waals surface area contributed by atoms with Gasteiger partial charge >= 0.3 is 0 Å². The van der Waals surface area contributed by atoms with Gasteiger partial charge in [0.1, 0.15) is 6.10 Å². The molecule has 1 aromatic heterocycles. The first-order valence-corrected chi connectivity index (χ1v) is 4.75. The number of Topliss-reactive ketones (excluding diaryl/α,β-unsaturated/α-hetero) is 1. The molecule has 78 valence electrons. The molecule has 0 aliphatic heterocycles. The minimum atomic E-state index is -0.360. The van der Waals surface area contributed by atoms with Crippen molar-refractivity contribution in [3.8, 4) is 0 Å². The molecule has 14 heavy (non-hydrogen) atoms. The molecule has 0 saturated carbocycles. The first-order valence-electron chi connectivity index (χ1n) is 4.75. The number of ketones is 1. The number of aromatic nitrogens is 2. The number of nitrogens with zero attached hydrogens (tertiary/aromatic N) is 2. The summed E-state index contributed by atoms with van der Waals surface area (Å²) >= 11 is 0. The SMILES string of the molecule is CCCC(OC)C(=O)c1nccn1C. The molecular weight excluding hydrogens is 180 g/mol. The van der Waals surface area contributed by atoms with Gasteiger partial charge in [0.15, 0.2) is 5.82 Å². The number of carbonyl (C=O) groups excluding carboxylic acids is 1. The fraction of sp³-hybridized carbons (Fsp3) is 0.600. The summed E-state index contributed by atoms with van der Waals surface area (Å²) in [6.07, 6.45) is 4.68. The van der Waals surface area contributed by atoms with Gasteiger partial charge in [-0.2, -0.15) is 0 Å². The molecule has 0 aliphatic carbocycles. The van der Waals surface area contributed by atoms with E-state index in [1.165, 1.54) is 0 Å². The molecule has 0 amide bonds. The Morgan fingerprint density at radius 2 is 2.43 bits per heavy atom. The standard InChI is InChI=1S/C10H16N2O2/c1-4-5-8(14-3)9(13)10-11-6-7-12(10)2/h6-8H,4-5H2,1-3H3. The van der Waals surface area contributed by atoms with Gasteiger partial charge in [-0.3, -0.25) is 4.79 Å². The van der Waals surface area contributed by atoms with Gasteiger partial charge in [0.05, 0.1) is 0 Å². The number of hydrogen-bond acceptors (Lipinski definition) is 3. The molecule has 0 fully saturated rings. The van der Waals surface area contributed by atoms with Gasteiger partial charge in [0.2, 0.25) is 5.78 Å². The van der Waals surface area contributed by atoms with Crippen molar-refractivity contribution in [1.82, 2.24) is 9.55 Å². The highest BCUT2D eigenvalue weighted by Crippen LogP contribution is 2.08. The van der Waals surface area contributed by atoms with E-state index in [2.05, 4.69) is 4.98 Å². The Hall–Kier alpha value is -1.16. The van der Waals surface area contributed by atoms with Gasteiger partial charge in [-0.05, 0) is 6.42 Å². The van der Waals surface area contributed by atoms with Crippen LogP contribution in [0, 0.1) is 0 Å². The predicted molar refractivity (Wildman–Crippen MR) is 53.2 cm³/mol. The molecule has 0 aromatic carbocycles. The molecule has 1 atom stereocenters. The zero-order valence-electron chi connectivity index (χ0n) is 8.86. The van der Waals surface area contributed by atoms with Crippen LogP contribution >= 0.6 is 0 Å². The number of rotatable bonds is 5. The summed E-state index contributed by atoms with van der Waals surface area (Å²) in [5, 5.41) is 0. The Kier molecular flexibility index (Phi) is 3.83. The lowest BCUT2D eigenvalue weighted by molar-refractivity contribution is 0.0565. The summed E-state index contributed by atoms with van der Waals surface area (Å²) in [7, 11) is 3.36. The molecule has 1 heterocycles. The average Bonchev–Trinajstić information content (AvgIpc) is 2.59. The van der Waals surface area contributed by atoms with Crippen LogP contribution in [0.15, 0.2) is 12.4 Å². The Morgan fingerprint density at radius 1 is 1.71 bits per heavy atom. The van der Waals surface area contributed by atoms with Crippen molar-refractivity contribution in [2.24, 2.45) is 7.05 Å². The molecule has 1 aromatic rings. The Bertz CT molecular complexity index is 307. The van der Waals surface area contributed by atoms with Crippen molar-refractivity contribution in [2.75, 3.05) is 7.11 Å². The van der Waals surface area contributed by atoms with E-state index in [4.69, 9.17) is 4.74 Å². The maximum atomic E-state index is 11.8. The molecule has 4 heteroatoms. The van der Waals surface area contributed by atoms with E-state index in [1.807, 2.05) is 6.92 Å². The van der Waals surface area contributed by atoms with Crippen LogP contribution in [-0.4, -0.2) is 28.5 Å². The van der Waals surface area contributed by atoms with E-state index in [0.717, 1.165) is 12.8 Å². The van der Waals surface area contributed by atoms with E-state index in [0.29, 0.717) is 5.82 Å². The monoisotopic (exact) mass is 196 g/mol. The molecule has 0 aliphatic rings. The third kappa shape index (κ3) is 2.20. The fourth-order valence-corrected chi connectivity index (χ4v) is 1.37. The van der Waals surface area contributed by atoms with E-state index < -0.39 is 0 Å². The molecule has 4 nitrogen and oxygen atoms in total. The normalized spacial score (nSPS) is 12.8. The second kappa shape index (κ2) is 4.91. The third-order valence-electron chi connectivity index (χ3n) is 2.17. The molecular formula is C10H16N2O2. The zero-order valence-corrected chi connectivity index (χ0v) is 8.86. The highest BCUT2D eigenvalue weighted by atomic mass is 16.5. The number of imidazole rings is 1. The van der Waals surface area contributed by atoms with E-state index in [9.17, 15) is 4.79 Å². The smallest absolute Gasteiger partial charge is 0.226 e. The average molecular weight is 196 g/mol. The van der Waals surface area contributed by atoms with Gasteiger partial charge in [-0.1, -0.05) is 13.3 Å². The molecule has 0 bridgehead atoms. The van der Waals surface area contributed by atoms with Gasteiger partial charge in [-0.15, -0.1) is 0 Å². The first-order chi connectivity index (χ1) is 6.70. The zero-order chi connectivity index (χ0) is 10.6. The number of aryl methyl sites for hydroxylation is 1. The summed E-state index contributed by atoms with van der Waals surface area (Å²) in [5.74, 6) is 0.423. The second-order valence-corrected chi connectivity index (χ2v) is 3.24. The van der Waals surface area contributed by atoms with Crippen LogP contribution in [0.2, 0.25) is 0 Å². The van der Waals surface area contributed by atoms with Crippen molar-refractivity contribution < 1.29 is 9.53 Å². The van der Waals surface area contributed by atoms with Crippen LogP contribution < -0.4 is 0 Å². The molecule has 0 spiro atoms. The summed E-state index contributed by atoms with van der Waals surface area (Å²) in [6.45, 7) is 2.03. The molecule has 0 radical (unpaired) electrons. The van der Waals surface area contributed by atoms with Crippen LogP contribution in [0.1, 0.15) is 30.4 Å². The minimum Gasteiger partial charge on any atom is -0.373 e. The predicted octanol–water partition coefficient (Wildman–Crippen LogP) is 1.42. The largest absolute Gasteiger partial charge is 0.373 e.